The van der Waals surface area contributed by atoms with Crippen LogP contribution in [-0.4, -0.2) is 27.9 Å². The van der Waals surface area contributed by atoms with E-state index in [0.717, 1.165) is 5.56 Å². The van der Waals surface area contributed by atoms with Gasteiger partial charge in [0.1, 0.15) is 0 Å². The Hall–Kier alpha value is -2.10. The van der Waals surface area contributed by atoms with E-state index in [2.05, 4.69) is 0 Å². The third-order valence-electron chi connectivity index (χ3n) is 3.50. The fourth-order valence-corrected chi connectivity index (χ4v) is 2.55. The maximum Gasteiger partial charge on any atom is 0.331 e. The molecule has 4 nitrogen and oxygen atoms in total. The molecule has 1 atom stereocenters. The Morgan fingerprint density at radius 1 is 1.35 bits per heavy atom. The lowest BCUT2D eigenvalue weighted by atomic mass is 10.0. The van der Waals surface area contributed by atoms with E-state index in [4.69, 9.17) is 5.11 Å². The Morgan fingerprint density at radius 3 is 2.55 bits per heavy atom. The maximum atomic E-state index is 12.4. The number of amides is 1. The minimum absolute atomic E-state index is 0.00283. The van der Waals surface area contributed by atoms with E-state index in [0.29, 0.717) is 5.56 Å². The highest BCUT2D eigenvalue weighted by atomic mass is 16.4. The standard InChI is InChI=1S/C16H18NO3/c1-4-11(16(19)20)9-14-12-7-5-6-8-13(12)15(18)17(14)10(2)3/h4-10,14H,1-3H3,(H,19,20)/b11-9+. The van der Waals surface area contributed by atoms with Crippen LogP contribution < -0.4 is 0 Å². The van der Waals surface area contributed by atoms with Crippen molar-refractivity contribution in [3.8, 4) is 0 Å². The van der Waals surface area contributed by atoms with Crippen LogP contribution in [0, 0.1) is 6.42 Å². The van der Waals surface area contributed by atoms with Crippen LogP contribution in [0.1, 0.15) is 42.7 Å². The smallest absolute Gasteiger partial charge is 0.331 e. The van der Waals surface area contributed by atoms with Crippen LogP contribution >= 0.6 is 0 Å². The minimum atomic E-state index is -0.979. The summed E-state index contributed by atoms with van der Waals surface area (Å²) in [5.41, 5.74) is 1.74. The molecule has 1 radical (unpaired) electrons. The first-order chi connectivity index (χ1) is 9.47. The summed E-state index contributed by atoms with van der Waals surface area (Å²) in [5, 5.41) is 9.17. The molecule has 1 aliphatic rings. The number of carboxylic acid groups (broad SMARTS) is 1. The van der Waals surface area contributed by atoms with Crippen LogP contribution in [-0.2, 0) is 4.79 Å². The summed E-state index contributed by atoms with van der Waals surface area (Å²) >= 11 is 0. The molecule has 1 aliphatic heterocycles. The van der Waals surface area contributed by atoms with Gasteiger partial charge >= 0.3 is 5.97 Å². The Labute approximate surface area is 118 Å². The zero-order valence-corrected chi connectivity index (χ0v) is 11.8. The van der Waals surface area contributed by atoms with Gasteiger partial charge in [0.15, 0.2) is 0 Å². The number of hydrogen-bond acceptors (Lipinski definition) is 2. The second-order valence-corrected chi connectivity index (χ2v) is 5.05. The molecule has 0 saturated heterocycles. The van der Waals surface area contributed by atoms with Gasteiger partial charge in [-0.05, 0) is 38.0 Å². The van der Waals surface area contributed by atoms with Gasteiger partial charge in [0.25, 0.3) is 5.91 Å². The fourth-order valence-electron chi connectivity index (χ4n) is 2.55. The average Bonchev–Trinajstić information content (AvgIpc) is 2.69. The lowest BCUT2D eigenvalue weighted by Crippen LogP contribution is -2.34. The first-order valence-corrected chi connectivity index (χ1v) is 6.63. The first kappa shape index (κ1) is 14.3. The molecule has 105 valence electrons. The molecule has 1 aromatic carbocycles. The molecule has 20 heavy (non-hydrogen) atoms. The number of rotatable bonds is 4. The van der Waals surface area contributed by atoms with E-state index in [1.165, 1.54) is 0 Å². The predicted octanol–water partition coefficient (Wildman–Crippen LogP) is 2.83. The van der Waals surface area contributed by atoms with Crippen molar-refractivity contribution in [1.82, 2.24) is 4.90 Å². The molecule has 0 aromatic heterocycles. The molecule has 0 aliphatic carbocycles. The Bertz CT molecular complexity index is 575. The fraction of sp³-hybridized carbons (Fsp3) is 0.312. The summed E-state index contributed by atoms with van der Waals surface area (Å²) in [6.45, 7) is 5.55. The van der Waals surface area contributed by atoms with Gasteiger partial charge in [-0.2, -0.15) is 0 Å². The summed E-state index contributed by atoms with van der Waals surface area (Å²) < 4.78 is 0. The van der Waals surface area contributed by atoms with Crippen molar-refractivity contribution in [2.24, 2.45) is 0 Å². The first-order valence-electron chi connectivity index (χ1n) is 6.63. The van der Waals surface area contributed by atoms with Crippen molar-refractivity contribution in [3.63, 3.8) is 0 Å². The highest BCUT2D eigenvalue weighted by Gasteiger charge is 2.37. The quantitative estimate of drug-likeness (QED) is 0.857. The second kappa shape index (κ2) is 5.49. The van der Waals surface area contributed by atoms with Crippen molar-refractivity contribution < 1.29 is 14.7 Å². The summed E-state index contributed by atoms with van der Waals surface area (Å²) in [6.07, 6.45) is 3.19. The van der Waals surface area contributed by atoms with E-state index in [-0.39, 0.29) is 23.6 Å². The number of benzene rings is 1. The lowest BCUT2D eigenvalue weighted by Gasteiger charge is -2.27. The number of carbonyl (C=O) groups is 2. The van der Waals surface area contributed by atoms with Gasteiger partial charge in [0.05, 0.1) is 6.04 Å². The Morgan fingerprint density at radius 2 is 2.00 bits per heavy atom. The van der Waals surface area contributed by atoms with E-state index in [1.54, 1.807) is 30.4 Å². The van der Waals surface area contributed by atoms with Crippen LogP contribution in [0.2, 0.25) is 0 Å². The lowest BCUT2D eigenvalue weighted by molar-refractivity contribution is -0.132. The molecule has 1 N–H and O–H groups in total. The van der Waals surface area contributed by atoms with Gasteiger partial charge in [-0.3, -0.25) is 4.79 Å². The van der Waals surface area contributed by atoms with Gasteiger partial charge < -0.3 is 10.0 Å². The van der Waals surface area contributed by atoms with Crippen molar-refractivity contribution in [1.29, 1.82) is 0 Å². The van der Waals surface area contributed by atoms with Gasteiger partial charge in [-0.15, -0.1) is 0 Å². The van der Waals surface area contributed by atoms with E-state index in [1.807, 2.05) is 32.0 Å². The minimum Gasteiger partial charge on any atom is -0.478 e. The largest absolute Gasteiger partial charge is 0.478 e. The van der Waals surface area contributed by atoms with Gasteiger partial charge in [-0.1, -0.05) is 25.1 Å². The molecule has 1 unspecified atom stereocenters. The SMILES string of the molecule is C[CH]/C(=C\C1c2ccccc2C(=O)N1C(C)C)C(=O)O. The third kappa shape index (κ3) is 2.33. The maximum absolute atomic E-state index is 12.4. The predicted molar refractivity (Wildman–Crippen MR) is 76.2 cm³/mol. The molecule has 1 heterocycles. The molecular formula is C16H18NO3. The summed E-state index contributed by atoms with van der Waals surface area (Å²) in [5.74, 6) is -1.02. The van der Waals surface area contributed by atoms with Gasteiger partial charge in [0, 0.05) is 17.2 Å². The molecule has 0 saturated carbocycles. The molecule has 1 aromatic rings. The zero-order chi connectivity index (χ0) is 14.9. The normalized spacial score (nSPS) is 18.6. The van der Waals surface area contributed by atoms with Crippen molar-refractivity contribution in [2.45, 2.75) is 32.9 Å². The number of aliphatic carboxylic acids is 1. The number of hydrogen-bond donors (Lipinski definition) is 1. The number of carboxylic acids is 1. The van der Waals surface area contributed by atoms with E-state index >= 15 is 0 Å². The molecule has 0 spiro atoms. The van der Waals surface area contributed by atoms with Crippen molar-refractivity contribution in [2.75, 3.05) is 0 Å². The van der Waals surface area contributed by atoms with E-state index in [9.17, 15) is 9.59 Å². The van der Waals surface area contributed by atoms with E-state index < -0.39 is 5.97 Å². The van der Waals surface area contributed by atoms with Crippen molar-refractivity contribution >= 4 is 11.9 Å². The molecule has 0 bridgehead atoms. The van der Waals surface area contributed by atoms with Gasteiger partial charge in [0.2, 0.25) is 0 Å². The molecular weight excluding hydrogens is 254 g/mol. The molecule has 4 heteroatoms. The van der Waals surface area contributed by atoms with Crippen LogP contribution in [0.15, 0.2) is 35.9 Å². The van der Waals surface area contributed by atoms with Crippen LogP contribution in [0.25, 0.3) is 0 Å². The second-order valence-electron chi connectivity index (χ2n) is 5.05. The van der Waals surface area contributed by atoms with Crippen molar-refractivity contribution in [3.05, 3.63) is 53.5 Å². The summed E-state index contributed by atoms with van der Waals surface area (Å²) in [6, 6.07) is 7.05. The number of carbonyl (C=O) groups excluding carboxylic acids is 1. The molecule has 1 amide bonds. The number of fused-ring (bicyclic) bond motifs is 1. The highest BCUT2D eigenvalue weighted by molar-refractivity contribution is 6.00. The highest BCUT2D eigenvalue weighted by Crippen LogP contribution is 2.36. The average molecular weight is 272 g/mol. The number of nitrogens with zero attached hydrogens (tertiary/aromatic N) is 1. The Balaban J connectivity index is 2.53. The van der Waals surface area contributed by atoms with Crippen LogP contribution in [0.4, 0.5) is 0 Å². The summed E-state index contributed by atoms with van der Waals surface area (Å²) in [4.78, 5) is 25.3. The third-order valence-corrected chi connectivity index (χ3v) is 3.50. The van der Waals surface area contributed by atoms with Gasteiger partial charge in [-0.25, -0.2) is 4.79 Å². The topological polar surface area (TPSA) is 57.6 Å². The zero-order valence-electron chi connectivity index (χ0n) is 11.8. The molecule has 2 rings (SSSR count). The Kier molecular flexibility index (Phi) is 3.93. The molecule has 0 fully saturated rings. The summed E-state index contributed by atoms with van der Waals surface area (Å²) in [7, 11) is 0. The van der Waals surface area contributed by atoms with Crippen LogP contribution in [0.5, 0.6) is 0 Å². The monoisotopic (exact) mass is 272 g/mol. The van der Waals surface area contributed by atoms with Crippen LogP contribution in [0.3, 0.4) is 0 Å².